The minimum Gasteiger partial charge on any atom is -0.383 e. The molecule has 4 aromatic rings. The molecular formula is C30H32N6O3. The Morgan fingerprint density at radius 2 is 1.77 bits per heavy atom. The van der Waals surface area contributed by atoms with E-state index < -0.39 is 0 Å². The van der Waals surface area contributed by atoms with E-state index in [-0.39, 0.29) is 17.9 Å². The molecule has 1 saturated heterocycles. The fourth-order valence-electron chi connectivity index (χ4n) is 5.12. The smallest absolute Gasteiger partial charge is 0.253 e. The molecule has 1 aliphatic rings. The predicted octanol–water partition coefficient (Wildman–Crippen LogP) is 4.65. The van der Waals surface area contributed by atoms with Crippen molar-refractivity contribution in [2.24, 2.45) is 7.05 Å². The number of fused-ring (bicyclic) bond motifs is 1. The highest BCUT2D eigenvalue weighted by atomic mass is 16.5. The minimum atomic E-state index is -0.229. The number of carbonyl (C=O) groups is 2. The van der Waals surface area contributed by atoms with E-state index >= 15 is 0 Å². The molecule has 9 heteroatoms. The SMILES string of the molecule is C=C(C)C(=O)Nc1ccc(-c2c(-c3ccc(C(=O)N4CCC[C@H](OC)C4)cc3)c3c(N)ncnc3n2C)cc1. The molecule has 1 fully saturated rings. The van der Waals surface area contributed by atoms with Crippen LogP contribution < -0.4 is 11.1 Å². The van der Waals surface area contributed by atoms with Crippen LogP contribution in [0.25, 0.3) is 33.4 Å². The first kappa shape index (κ1) is 26.1. The summed E-state index contributed by atoms with van der Waals surface area (Å²) in [4.78, 5) is 35.9. The van der Waals surface area contributed by atoms with Gasteiger partial charge in [-0.15, -0.1) is 0 Å². The van der Waals surface area contributed by atoms with E-state index in [4.69, 9.17) is 10.5 Å². The number of anilines is 2. The van der Waals surface area contributed by atoms with Crippen molar-refractivity contribution in [3.8, 4) is 22.4 Å². The zero-order chi connectivity index (χ0) is 27.7. The lowest BCUT2D eigenvalue weighted by Gasteiger charge is -2.32. The van der Waals surface area contributed by atoms with Crippen LogP contribution in [0.15, 0.2) is 67.0 Å². The molecule has 200 valence electrons. The van der Waals surface area contributed by atoms with Crippen molar-refractivity contribution in [3.05, 3.63) is 72.6 Å². The highest BCUT2D eigenvalue weighted by Gasteiger charge is 2.25. The van der Waals surface area contributed by atoms with Gasteiger partial charge in [-0.1, -0.05) is 30.8 Å². The third kappa shape index (κ3) is 5.00. The summed E-state index contributed by atoms with van der Waals surface area (Å²) in [6.07, 6.45) is 3.42. The van der Waals surface area contributed by atoms with E-state index in [0.29, 0.717) is 34.8 Å². The van der Waals surface area contributed by atoms with E-state index in [0.717, 1.165) is 47.2 Å². The molecule has 1 aliphatic heterocycles. The van der Waals surface area contributed by atoms with Crippen LogP contribution >= 0.6 is 0 Å². The van der Waals surface area contributed by atoms with E-state index in [1.165, 1.54) is 6.33 Å². The number of ether oxygens (including phenoxy) is 1. The highest BCUT2D eigenvalue weighted by molar-refractivity contribution is 6.08. The molecule has 2 amide bonds. The van der Waals surface area contributed by atoms with Crippen LogP contribution in [0.4, 0.5) is 11.5 Å². The third-order valence-corrected chi connectivity index (χ3v) is 7.22. The number of nitrogens with two attached hydrogens (primary N) is 1. The maximum Gasteiger partial charge on any atom is 0.253 e. The van der Waals surface area contributed by atoms with Crippen LogP contribution in [0.1, 0.15) is 30.1 Å². The van der Waals surface area contributed by atoms with Crippen molar-refractivity contribution in [1.29, 1.82) is 0 Å². The van der Waals surface area contributed by atoms with Crippen LogP contribution in [-0.2, 0) is 16.6 Å². The number of aryl methyl sites for hydroxylation is 1. The van der Waals surface area contributed by atoms with Gasteiger partial charge in [-0.3, -0.25) is 9.59 Å². The molecule has 0 radical (unpaired) electrons. The fraction of sp³-hybridized carbons (Fsp3) is 0.267. The molecule has 39 heavy (non-hydrogen) atoms. The quantitative estimate of drug-likeness (QED) is 0.355. The summed E-state index contributed by atoms with van der Waals surface area (Å²) in [6, 6.07) is 15.2. The maximum absolute atomic E-state index is 13.2. The fourth-order valence-corrected chi connectivity index (χ4v) is 5.12. The van der Waals surface area contributed by atoms with Gasteiger partial charge < -0.3 is 25.3 Å². The lowest BCUT2D eigenvalue weighted by molar-refractivity contribution is -0.112. The maximum atomic E-state index is 13.2. The Bertz CT molecular complexity index is 1560. The Balaban J connectivity index is 1.54. The number of nitrogens with one attached hydrogen (secondary N) is 1. The molecule has 5 rings (SSSR count). The molecular weight excluding hydrogens is 492 g/mol. The van der Waals surface area contributed by atoms with E-state index in [9.17, 15) is 9.59 Å². The molecule has 0 aliphatic carbocycles. The van der Waals surface area contributed by atoms with Gasteiger partial charge in [0, 0.05) is 49.6 Å². The number of aromatic nitrogens is 3. The first-order valence-electron chi connectivity index (χ1n) is 12.9. The number of nitrogens with zero attached hydrogens (tertiary/aromatic N) is 4. The van der Waals surface area contributed by atoms with Crippen molar-refractivity contribution >= 4 is 34.4 Å². The van der Waals surface area contributed by atoms with Gasteiger partial charge in [0.15, 0.2) is 0 Å². The Labute approximate surface area is 227 Å². The molecule has 0 unspecified atom stereocenters. The van der Waals surface area contributed by atoms with Crippen LogP contribution in [0.2, 0.25) is 0 Å². The number of nitrogen functional groups attached to an aromatic ring is 1. The van der Waals surface area contributed by atoms with Gasteiger partial charge in [0.2, 0.25) is 0 Å². The lowest BCUT2D eigenvalue weighted by atomic mass is 9.97. The summed E-state index contributed by atoms with van der Waals surface area (Å²) in [5, 5.41) is 3.58. The van der Waals surface area contributed by atoms with Crippen LogP contribution in [-0.4, -0.2) is 57.6 Å². The summed E-state index contributed by atoms with van der Waals surface area (Å²) in [6.45, 7) is 6.68. The lowest BCUT2D eigenvalue weighted by Crippen LogP contribution is -2.42. The monoisotopic (exact) mass is 524 g/mol. The standard InChI is InChI=1S/C30H32N6O3/c1-18(2)29(37)34-22-13-11-20(12-14-22)26-24(25-27(31)32-17-33-28(25)35(26)3)19-7-9-21(10-8-19)30(38)36-15-5-6-23(16-36)39-4/h7-14,17,23H,1,5-6,15-16H2,2-4H3,(H,34,37)(H2,31,32,33)/t23-/m0/s1. The van der Waals surface area contributed by atoms with Gasteiger partial charge in [0.1, 0.15) is 17.8 Å². The number of rotatable bonds is 6. The zero-order valence-corrected chi connectivity index (χ0v) is 22.4. The number of hydrogen-bond acceptors (Lipinski definition) is 6. The minimum absolute atomic E-state index is 0.00307. The van der Waals surface area contributed by atoms with E-state index in [1.807, 2.05) is 65.0 Å². The molecule has 3 heterocycles. The van der Waals surface area contributed by atoms with Crippen molar-refractivity contribution in [1.82, 2.24) is 19.4 Å². The summed E-state index contributed by atoms with van der Waals surface area (Å²) in [5.41, 5.74) is 12.4. The number of carbonyl (C=O) groups excluding carboxylic acids is 2. The Kier molecular flexibility index (Phi) is 7.17. The van der Waals surface area contributed by atoms with Crippen LogP contribution in [0.3, 0.4) is 0 Å². The molecule has 0 spiro atoms. The summed E-state index contributed by atoms with van der Waals surface area (Å²) < 4.78 is 7.47. The van der Waals surface area contributed by atoms with Crippen LogP contribution in [0.5, 0.6) is 0 Å². The van der Waals surface area contributed by atoms with Gasteiger partial charge in [0.25, 0.3) is 11.8 Å². The molecule has 0 saturated carbocycles. The average molecular weight is 525 g/mol. The molecule has 3 N–H and O–H groups in total. The number of hydrogen-bond donors (Lipinski definition) is 2. The van der Waals surface area contributed by atoms with Crippen molar-refractivity contribution in [2.45, 2.75) is 25.9 Å². The average Bonchev–Trinajstić information content (AvgIpc) is 3.26. The number of amides is 2. The molecule has 0 bridgehead atoms. The zero-order valence-electron chi connectivity index (χ0n) is 22.4. The number of benzene rings is 2. The molecule has 2 aromatic heterocycles. The Hall–Kier alpha value is -4.50. The van der Waals surface area contributed by atoms with Gasteiger partial charge in [0.05, 0.1) is 17.2 Å². The molecule has 2 aromatic carbocycles. The second-order valence-corrected chi connectivity index (χ2v) is 9.88. The van der Waals surface area contributed by atoms with Gasteiger partial charge in [-0.05, 0) is 55.2 Å². The normalized spacial score (nSPS) is 15.4. The van der Waals surface area contributed by atoms with Crippen molar-refractivity contribution in [3.63, 3.8) is 0 Å². The third-order valence-electron chi connectivity index (χ3n) is 7.22. The number of likely N-dealkylation sites (tertiary alicyclic amines) is 1. The van der Waals surface area contributed by atoms with Crippen molar-refractivity contribution in [2.75, 3.05) is 31.2 Å². The summed E-state index contributed by atoms with van der Waals surface area (Å²) in [7, 11) is 3.63. The van der Waals surface area contributed by atoms with Crippen molar-refractivity contribution < 1.29 is 14.3 Å². The first-order chi connectivity index (χ1) is 18.8. The van der Waals surface area contributed by atoms with Gasteiger partial charge >= 0.3 is 0 Å². The second-order valence-electron chi connectivity index (χ2n) is 9.88. The summed E-state index contributed by atoms with van der Waals surface area (Å²) in [5.74, 6) is 0.144. The molecule has 1 atom stereocenters. The Morgan fingerprint density at radius 1 is 1.08 bits per heavy atom. The highest BCUT2D eigenvalue weighted by Crippen LogP contribution is 2.41. The van der Waals surface area contributed by atoms with Crippen LogP contribution in [0, 0.1) is 0 Å². The second kappa shape index (κ2) is 10.7. The predicted molar refractivity (Wildman–Crippen MR) is 153 cm³/mol. The van der Waals surface area contributed by atoms with Gasteiger partial charge in [-0.2, -0.15) is 0 Å². The topological polar surface area (TPSA) is 115 Å². The molecule has 9 nitrogen and oxygen atoms in total. The van der Waals surface area contributed by atoms with Gasteiger partial charge in [-0.25, -0.2) is 9.97 Å². The largest absolute Gasteiger partial charge is 0.383 e. The van der Waals surface area contributed by atoms with E-state index in [1.54, 1.807) is 14.0 Å². The van der Waals surface area contributed by atoms with E-state index in [2.05, 4.69) is 21.9 Å². The first-order valence-corrected chi connectivity index (χ1v) is 12.9. The summed E-state index contributed by atoms with van der Waals surface area (Å²) >= 11 is 0. The number of methoxy groups -OCH3 is 1. The number of piperidine rings is 1. The Morgan fingerprint density at radius 3 is 2.44 bits per heavy atom.